The van der Waals surface area contributed by atoms with Gasteiger partial charge in [0.2, 0.25) is 0 Å². The first-order chi connectivity index (χ1) is 5.79. The maximum absolute atomic E-state index is 5.44. The van der Waals surface area contributed by atoms with E-state index in [2.05, 4.69) is 10.2 Å². The van der Waals surface area contributed by atoms with Gasteiger partial charge in [-0.1, -0.05) is 0 Å². The Balaban J connectivity index is 2.80. The van der Waals surface area contributed by atoms with Gasteiger partial charge in [-0.15, -0.1) is 10.2 Å². The molecule has 1 aromatic heterocycles. The summed E-state index contributed by atoms with van der Waals surface area (Å²) >= 11 is 0. The third-order valence-corrected chi connectivity index (χ3v) is 1.64. The minimum atomic E-state index is 0.487. The van der Waals surface area contributed by atoms with E-state index < -0.39 is 0 Å². The summed E-state index contributed by atoms with van der Waals surface area (Å²) in [5.41, 5.74) is 5.44. The summed E-state index contributed by atoms with van der Waals surface area (Å²) in [5.74, 6) is 1.72. The van der Waals surface area contributed by atoms with E-state index in [4.69, 9.17) is 10.5 Å². The van der Waals surface area contributed by atoms with Gasteiger partial charge in [0.25, 0.3) is 0 Å². The molecule has 2 N–H and O–H groups in total. The topological polar surface area (TPSA) is 66.0 Å². The highest BCUT2D eigenvalue weighted by atomic mass is 16.5. The van der Waals surface area contributed by atoms with Crippen LogP contribution in [0.2, 0.25) is 0 Å². The standard InChI is InChI=1S/C7H14N4O/c1-6-9-10-7(5-12-2)11(6)4-3-8/h3-5,8H2,1-2H3. The Kier molecular flexibility index (Phi) is 3.19. The number of ether oxygens (including phenoxy) is 1. The summed E-state index contributed by atoms with van der Waals surface area (Å²) < 4.78 is 6.93. The molecule has 0 unspecified atom stereocenters. The molecule has 1 rings (SSSR count). The van der Waals surface area contributed by atoms with Gasteiger partial charge in [0, 0.05) is 20.2 Å². The lowest BCUT2D eigenvalue weighted by atomic mass is 10.5. The van der Waals surface area contributed by atoms with Crippen LogP contribution in [0, 0.1) is 6.92 Å². The zero-order valence-electron chi connectivity index (χ0n) is 7.45. The third-order valence-electron chi connectivity index (χ3n) is 1.64. The Labute approximate surface area is 71.5 Å². The van der Waals surface area contributed by atoms with Gasteiger partial charge in [-0.25, -0.2) is 0 Å². The van der Waals surface area contributed by atoms with E-state index in [1.165, 1.54) is 0 Å². The van der Waals surface area contributed by atoms with E-state index in [1.807, 2.05) is 11.5 Å². The van der Waals surface area contributed by atoms with Crippen molar-refractivity contribution in [3.05, 3.63) is 11.6 Å². The average Bonchev–Trinajstić information content (AvgIpc) is 2.37. The minimum Gasteiger partial charge on any atom is -0.377 e. The molecular formula is C7H14N4O. The van der Waals surface area contributed by atoms with Crippen LogP contribution in [0.25, 0.3) is 0 Å². The predicted octanol–water partition coefficient (Wildman–Crippen LogP) is -0.308. The third kappa shape index (κ3) is 1.80. The number of hydrogen-bond acceptors (Lipinski definition) is 4. The highest BCUT2D eigenvalue weighted by Crippen LogP contribution is 2.01. The molecule has 0 bridgehead atoms. The van der Waals surface area contributed by atoms with E-state index in [-0.39, 0.29) is 0 Å². The fraction of sp³-hybridized carbons (Fsp3) is 0.714. The molecule has 0 aliphatic heterocycles. The molecule has 0 aromatic carbocycles. The summed E-state index contributed by atoms with van der Waals surface area (Å²) in [6, 6.07) is 0. The Morgan fingerprint density at radius 3 is 2.83 bits per heavy atom. The molecule has 0 atom stereocenters. The zero-order chi connectivity index (χ0) is 8.97. The molecule has 12 heavy (non-hydrogen) atoms. The maximum Gasteiger partial charge on any atom is 0.159 e. The number of nitrogens with zero attached hydrogens (tertiary/aromatic N) is 3. The molecule has 0 amide bonds. The number of methoxy groups -OCH3 is 1. The Bertz CT molecular complexity index is 246. The van der Waals surface area contributed by atoms with Crippen molar-refractivity contribution in [3.63, 3.8) is 0 Å². The van der Waals surface area contributed by atoms with Crippen molar-refractivity contribution in [2.75, 3.05) is 13.7 Å². The second-order valence-electron chi connectivity index (χ2n) is 2.54. The summed E-state index contributed by atoms with van der Waals surface area (Å²) in [6.07, 6.45) is 0. The van der Waals surface area contributed by atoms with Crippen molar-refractivity contribution in [1.29, 1.82) is 0 Å². The van der Waals surface area contributed by atoms with Crippen LogP contribution in [0.5, 0.6) is 0 Å². The maximum atomic E-state index is 5.44. The highest BCUT2D eigenvalue weighted by Gasteiger charge is 2.06. The second kappa shape index (κ2) is 4.18. The Morgan fingerprint density at radius 1 is 1.50 bits per heavy atom. The molecule has 5 nitrogen and oxygen atoms in total. The smallest absolute Gasteiger partial charge is 0.159 e. The predicted molar refractivity (Wildman–Crippen MR) is 44.5 cm³/mol. The average molecular weight is 170 g/mol. The van der Waals surface area contributed by atoms with E-state index in [0.29, 0.717) is 13.2 Å². The molecule has 1 aromatic rings. The second-order valence-corrected chi connectivity index (χ2v) is 2.54. The summed E-state index contributed by atoms with van der Waals surface area (Å²) in [7, 11) is 1.64. The van der Waals surface area contributed by atoms with Gasteiger partial charge in [-0.3, -0.25) is 0 Å². The van der Waals surface area contributed by atoms with Crippen LogP contribution >= 0.6 is 0 Å². The fourth-order valence-electron chi connectivity index (χ4n) is 1.08. The molecule has 1 heterocycles. The van der Waals surface area contributed by atoms with Crippen LogP contribution < -0.4 is 5.73 Å². The van der Waals surface area contributed by atoms with Gasteiger partial charge < -0.3 is 15.0 Å². The molecule has 0 spiro atoms. The van der Waals surface area contributed by atoms with Crippen LogP contribution in [0.4, 0.5) is 0 Å². The Morgan fingerprint density at radius 2 is 2.25 bits per heavy atom. The van der Waals surface area contributed by atoms with Crippen LogP contribution in [0.15, 0.2) is 0 Å². The van der Waals surface area contributed by atoms with Gasteiger partial charge in [0.15, 0.2) is 5.82 Å². The summed E-state index contributed by atoms with van der Waals surface area (Å²) in [4.78, 5) is 0. The van der Waals surface area contributed by atoms with Crippen LogP contribution in [-0.2, 0) is 17.9 Å². The van der Waals surface area contributed by atoms with Gasteiger partial charge >= 0.3 is 0 Å². The molecule has 0 saturated heterocycles. The van der Waals surface area contributed by atoms with Crippen molar-refractivity contribution >= 4 is 0 Å². The summed E-state index contributed by atoms with van der Waals surface area (Å²) in [6.45, 7) is 3.73. The van der Waals surface area contributed by atoms with Crippen LogP contribution in [0.1, 0.15) is 11.6 Å². The van der Waals surface area contributed by atoms with Gasteiger partial charge in [-0.2, -0.15) is 0 Å². The summed E-state index contributed by atoms with van der Waals surface area (Å²) in [5, 5.41) is 7.89. The molecule has 0 saturated carbocycles. The first kappa shape index (κ1) is 9.15. The normalized spacial score (nSPS) is 10.6. The zero-order valence-corrected chi connectivity index (χ0v) is 7.45. The van der Waals surface area contributed by atoms with Crippen LogP contribution in [0.3, 0.4) is 0 Å². The van der Waals surface area contributed by atoms with Crippen molar-refractivity contribution in [3.8, 4) is 0 Å². The quantitative estimate of drug-likeness (QED) is 0.673. The Hall–Kier alpha value is -0.940. The van der Waals surface area contributed by atoms with Crippen molar-refractivity contribution in [1.82, 2.24) is 14.8 Å². The number of aryl methyl sites for hydroxylation is 1. The fourth-order valence-corrected chi connectivity index (χ4v) is 1.08. The number of nitrogens with two attached hydrogens (primary N) is 1. The molecule has 0 aliphatic rings. The highest BCUT2D eigenvalue weighted by molar-refractivity contribution is 4.92. The first-order valence-corrected chi connectivity index (χ1v) is 3.87. The number of rotatable bonds is 4. The first-order valence-electron chi connectivity index (χ1n) is 3.87. The molecular weight excluding hydrogens is 156 g/mol. The van der Waals surface area contributed by atoms with E-state index in [9.17, 15) is 0 Å². The molecule has 0 radical (unpaired) electrons. The molecule has 0 aliphatic carbocycles. The van der Waals surface area contributed by atoms with Crippen molar-refractivity contribution < 1.29 is 4.74 Å². The lowest BCUT2D eigenvalue weighted by Gasteiger charge is -2.04. The largest absolute Gasteiger partial charge is 0.377 e. The number of hydrogen-bond donors (Lipinski definition) is 1. The van der Waals surface area contributed by atoms with E-state index >= 15 is 0 Å². The lowest BCUT2D eigenvalue weighted by molar-refractivity contribution is 0.174. The number of aromatic nitrogens is 3. The lowest BCUT2D eigenvalue weighted by Crippen LogP contribution is -2.14. The van der Waals surface area contributed by atoms with Gasteiger partial charge in [0.1, 0.15) is 12.4 Å². The van der Waals surface area contributed by atoms with E-state index in [1.54, 1.807) is 7.11 Å². The molecule has 0 fully saturated rings. The SMILES string of the molecule is COCc1nnc(C)n1CCN. The minimum absolute atomic E-state index is 0.487. The van der Waals surface area contributed by atoms with Gasteiger partial charge in [0.05, 0.1) is 0 Å². The van der Waals surface area contributed by atoms with Crippen molar-refractivity contribution in [2.24, 2.45) is 5.73 Å². The molecule has 68 valence electrons. The van der Waals surface area contributed by atoms with Crippen molar-refractivity contribution in [2.45, 2.75) is 20.1 Å². The van der Waals surface area contributed by atoms with Gasteiger partial charge in [-0.05, 0) is 6.92 Å². The molecule has 5 heteroatoms. The van der Waals surface area contributed by atoms with Crippen LogP contribution in [-0.4, -0.2) is 28.4 Å². The van der Waals surface area contributed by atoms with E-state index in [0.717, 1.165) is 18.2 Å². The monoisotopic (exact) mass is 170 g/mol.